The molecule has 11 nitrogen and oxygen atoms in total. The molecule has 0 aromatic heterocycles. The molecule has 2 aliphatic heterocycles. The number of alkyl carbamates (subject to hydrolysis) is 1. The Balaban J connectivity index is 1.39. The van der Waals surface area contributed by atoms with Gasteiger partial charge in [0.05, 0.1) is 22.8 Å². The highest BCUT2D eigenvalue weighted by molar-refractivity contribution is 8.00. The number of carbonyl (C=O) groups excluding carboxylic acids is 3. The van der Waals surface area contributed by atoms with Gasteiger partial charge in [0.1, 0.15) is 12.6 Å². The lowest BCUT2D eigenvalue weighted by molar-refractivity contribution is -0.125. The van der Waals surface area contributed by atoms with Crippen molar-refractivity contribution in [1.82, 2.24) is 31.5 Å². The molecule has 2 aliphatic carbocycles. The number of likely N-dealkylation sites (N-methyl/N-ethyl adjacent to an activating group) is 1. The number of aliphatic hydroxyl groups excluding tert-OH is 1. The number of hydrogen-bond acceptors (Lipinski definition) is 9. The van der Waals surface area contributed by atoms with E-state index in [1.54, 1.807) is 23.7 Å². The number of aliphatic hydroxyl groups is 1. The molecule has 50 heavy (non-hydrogen) atoms. The van der Waals surface area contributed by atoms with Gasteiger partial charge >= 0.3 is 12.1 Å². The molecule has 4 amide bonds. The van der Waals surface area contributed by atoms with Gasteiger partial charge in [-0.1, -0.05) is 91.9 Å². The Morgan fingerprint density at radius 2 is 1.56 bits per heavy atom. The lowest BCUT2D eigenvalue weighted by atomic mass is 9.81. The molecule has 6 N–H and O–H groups in total. The molecule has 4 unspecified atom stereocenters. The quantitative estimate of drug-likeness (QED) is 0.118. The van der Waals surface area contributed by atoms with Crippen LogP contribution >= 0.6 is 23.5 Å². The van der Waals surface area contributed by atoms with E-state index in [9.17, 15) is 19.5 Å². The van der Waals surface area contributed by atoms with E-state index in [0.717, 1.165) is 50.3 Å². The third-order valence-corrected chi connectivity index (χ3v) is 13.8. The molecule has 4 fully saturated rings. The van der Waals surface area contributed by atoms with Crippen LogP contribution in [0.3, 0.4) is 0 Å². The van der Waals surface area contributed by atoms with E-state index >= 15 is 0 Å². The number of ether oxygens (including phenoxy) is 1. The van der Waals surface area contributed by atoms with Crippen LogP contribution in [0.15, 0.2) is 0 Å². The van der Waals surface area contributed by atoms with Crippen LogP contribution in [0.2, 0.25) is 0 Å². The van der Waals surface area contributed by atoms with E-state index in [4.69, 9.17) is 4.74 Å². The number of thioether (sulfide) groups is 2. The van der Waals surface area contributed by atoms with Crippen LogP contribution in [0, 0.1) is 23.7 Å². The average Bonchev–Trinajstić information content (AvgIpc) is 3.79. The Labute approximate surface area is 310 Å². The smallest absolute Gasteiger partial charge is 0.407 e. The summed E-state index contributed by atoms with van der Waals surface area (Å²) in [6.45, 7) is 10.0. The van der Waals surface area contributed by atoms with E-state index in [1.165, 1.54) is 38.5 Å². The number of amides is 4. The van der Waals surface area contributed by atoms with Gasteiger partial charge in [0.2, 0.25) is 5.91 Å². The van der Waals surface area contributed by atoms with Crippen LogP contribution in [0.1, 0.15) is 111 Å². The summed E-state index contributed by atoms with van der Waals surface area (Å²) in [6.07, 6.45) is 12.1. The zero-order valence-electron chi connectivity index (χ0n) is 31.4. The molecule has 0 radical (unpaired) electrons. The van der Waals surface area contributed by atoms with Crippen LogP contribution in [0.4, 0.5) is 9.59 Å². The Hall–Kier alpha value is -1.41. The van der Waals surface area contributed by atoms with Crippen molar-refractivity contribution in [2.24, 2.45) is 23.7 Å². The molecular formula is C37H68N6O5S2. The van der Waals surface area contributed by atoms with Gasteiger partial charge in [0.15, 0.2) is 0 Å². The van der Waals surface area contributed by atoms with E-state index in [2.05, 4.69) is 40.4 Å². The van der Waals surface area contributed by atoms with Crippen LogP contribution in [-0.4, -0.2) is 107 Å². The van der Waals surface area contributed by atoms with E-state index < -0.39 is 24.3 Å². The number of carbonyl (C=O) groups is 3. The summed E-state index contributed by atoms with van der Waals surface area (Å²) in [5.41, 5.74) is 0. The Morgan fingerprint density at radius 3 is 2.14 bits per heavy atom. The van der Waals surface area contributed by atoms with Crippen molar-refractivity contribution in [3.63, 3.8) is 0 Å². The fourth-order valence-electron chi connectivity index (χ4n) is 8.03. The molecule has 13 heteroatoms. The number of nitrogens with one attached hydrogen (secondary N) is 5. The second kappa shape index (κ2) is 21.3. The van der Waals surface area contributed by atoms with Gasteiger partial charge in [0, 0.05) is 43.9 Å². The summed E-state index contributed by atoms with van der Waals surface area (Å²) in [5.74, 6) is 2.90. The summed E-state index contributed by atoms with van der Waals surface area (Å²) in [5, 5.41) is 28.7. The van der Waals surface area contributed by atoms with Crippen molar-refractivity contribution in [2.75, 3.05) is 38.4 Å². The molecule has 2 saturated carbocycles. The minimum Gasteiger partial charge on any atom is -0.448 e. The summed E-state index contributed by atoms with van der Waals surface area (Å²) < 4.78 is 5.62. The first-order valence-corrected chi connectivity index (χ1v) is 21.7. The zero-order valence-corrected chi connectivity index (χ0v) is 33.1. The van der Waals surface area contributed by atoms with Crippen molar-refractivity contribution in [3.8, 4) is 0 Å². The molecule has 7 atom stereocenters. The Morgan fingerprint density at radius 1 is 0.900 bits per heavy atom. The molecule has 0 aromatic carbocycles. The van der Waals surface area contributed by atoms with Crippen molar-refractivity contribution in [3.05, 3.63) is 0 Å². The lowest BCUT2D eigenvalue weighted by Gasteiger charge is -2.34. The van der Waals surface area contributed by atoms with Crippen LogP contribution in [0.5, 0.6) is 0 Å². The molecule has 288 valence electrons. The SMILES string of the molecule is CC(C)C1NC(CN(C)C(=O)N[C@@H](C(=O)NC(CC2CCCCC2)C[C@H](O)[C@H](CC2CCCCC2)NC(=O)OCC2CNCS2)C(C)C)CS1. The third-order valence-electron chi connectivity index (χ3n) is 11.0. The maximum absolute atomic E-state index is 14.0. The minimum atomic E-state index is -0.842. The molecule has 2 heterocycles. The van der Waals surface area contributed by atoms with Gasteiger partial charge in [-0.3, -0.25) is 10.1 Å². The van der Waals surface area contributed by atoms with Crippen molar-refractivity contribution in [1.29, 1.82) is 0 Å². The predicted molar refractivity (Wildman–Crippen MR) is 205 cm³/mol. The fraction of sp³-hybridized carbons (Fsp3) is 0.919. The van der Waals surface area contributed by atoms with Crippen molar-refractivity contribution in [2.45, 2.75) is 152 Å². The van der Waals surface area contributed by atoms with E-state index in [1.807, 2.05) is 25.6 Å². The molecule has 0 bridgehead atoms. The zero-order chi connectivity index (χ0) is 36.0. The number of nitrogens with zero attached hydrogens (tertiary/aromatic N) is 1. The second-order valence-electron chi connectivity index (χ2n) is 16.1. The molecule has 4 aliphatic rings. The molecular weight excluding hydrogens is 673 g/mol. The number of hydrogen-bond donors (Lipinski definition) is 6. The summed E-state index contributed by atoms with van der Waals surface area (Å²) in [4.78, 5) is 42.0. The normalized spacial score (nSPS) is 26.0. The maximum Gasteiger partial charge on any atom is 0.407 e. The monoisotopic (exact) mass is 740 g/mol. The summed E-state index contributed by atoms with van der Waals surface area (Å²) in [7, 11) is 1.79. The largest absolute Gasteiger partial charge is 0.448 e. The minimum absolute atomic E-state index is 0.123. The first-order chi connectivity index (χ1) is 24.0. The van der Waals surface area contributed by atoms with Gasteiger partial charge in [0.25, 0.3) is 0 Å². The first-order valence-electron chi connectivity index (χ1n) is 19.6. The standard InChI is InChI=1S/C37H68N6O5S2/c1-24(2)33(42-36(46)43(5)20-29-22-49-35(40-29)25(3)4)34(45)39-28(16-26-12-8-6-9-13-26)18-32(44)31(17-27-14-10-7-11-15-27)41-37(47)48-21-30-19-38-23-50-30/h24-33,35,38,40,44H,6-23H2,1-5H3,(H,39,45)(H,41,47)(H,42,46)/t28?,29?,30?,31-,32-,33+,35?/m0/s1. The Kier molecular flexibility index (Phi) is 17.6. The van der Waals surface area contributed by atoms with Crippen LogP contribution in [-0.2, 0) is 9.53 Å². The highest BCUT2D eigenvalue weighted by Crippen LogP contribution is 2.31. The van der Waals surface area contributed by atoms with E-state index in [-0.39, 0.29) is 35.2 Å². The van der Waals surface area contributed by atoms with Gasteiger partial charge in [-0.05, 0) is 42.9 Å². The molecule has 0 aromatic rings. The lowest BCUT2D eigenvalue weighted by Crippen LogP contribution is -2.56. The number of rotatable bonds is 17. The van der Waals surface area contributed by atoms with Gasteiger partial charge in [-0.15, -0.1) is 23.5 Å². The summed E-state index contributed by atoms with van der Waals surface area (Å²) in [6, 6.07) is -1.50. The molecule has 0 spiro atoms. The highest BCUT2D eigenvalue weighted by Gasteiger charge is 2.34. The predicted octanol–water partition coefficient (Wildman–Crippen LogP) is 5.27. The van der Waals surface area contributed by atoms with Crippen LogP contribution < -0.4 is 26.6 Å². The average molecular weight is 741 g/mol. The third kappa shape index (κ3) is 13.9. The molecule has 4 rings (SSSR count). The van der Waals surface area contributed by atoms with Crippen molar-refractivity contribution < 1.29 is 24.2 Å². The molecule has 2 saturated heterocycles. The van der Waals surface area contributed by atoms with Gasteiger partial charge < -0.3 is 36.0 Å². The summed E-state index contributed by atoms with van der Waals surface area (Å²) >= 11 is 3.64. The topological polar surface area (TPSA) is 144 Å². The first kappa shape index (κ1) is 41.3. The second-order valence-corrected chi connectivity index (χ2v) is 18.6. The number of urea groups is 1. The highest BCUT2D eigenvalue weighted by atomic mass is 32.2. The Bertz CT molecular complexity index is 1040. The van der Waals surface area contributed by atoms with Crippen LogP contribution in [0.25, 0.3) is 0 Å². The van der Waals surface area contributed by atoms with Gasteiger partial charge in [-0.2, -0.15) is 0 Å². The maximum atomic E-state index is 14.0. The van der Waals surface area contributed by atoms with E-state index in [0.29, 0.717) is 49.1 Å². The fourth-order valence-corrected chi connectivity index (χ4v) is 10.2. The van der Waals surface area contributed by atoms with Crippen molar-refractivity contribution >= 4 is 41.6 Å². The van der Waals surface area contributed by atoms with Gasteiger partial charge in [-0.25, -0.2) is 9.59 Å².